The molecule has 7 heteroatoms. The Labute approximate surface area is 104 Å². The third kappa shape index (κ3) is 3.12. The molecule has 1 atom stereocenters. The summed E-state index contributed by atoms with van der Waals surface area (Å²) in [5.41, 5.74) is 0. The van der Waals surface area contributed by atoms with Gasteiger partial charge in [-0.15, -0.1) is 10.2 Å². The molecular formula is C10H17N5OS. The van der Waals surface area contributed by atoms with Crippen molar-refractivity contribution in [2.45, 2.75) is 37.9 Å². The minimum absolute atomic E-state index is 0.0232. The second kappa shape index (κ2) is 4.95. The highest BCUT2D eigenvalue weighted by Crippen LogP contribution is 2.32. The summed E-state index contributed by atoms with van der Waals surface area (Å²) in [6.07, 6.45) is 2.45. The molecule has 1 aromatic rings. The molecule has 1 amide bonds. The molecule has 17 heavy (non-hydrogen) atoms. The van der Waals surface area contributed by atoms with E-state index in [2.05, 4.69) is 22.4 Å². The van der Waals surface area contributed by atoms with E-state index in [0.717, 1.165) is 0 Å². The molecule has 1 fully saturated rings. The second-order valence-corrected chi connectivity index (χ2v) is 5.32. The van der Waals surface area contributed by atoms with Crippen LogP contribution in [0.25, 0.3) is 0 Å². The summed E-state index contributed by atoms with van der Waals surface area (Å²) in [5, 5.41) is 11.3. The van der Waals surface area contributed by atoms with Crippen LogP contribution in [0.5, 0.6) is 0 Å². The molecule has 94 valence electrons. The first kappa shape index (κ1) is 12.2. The highest BCUT2D eigenvalue weighted by molar-refractivity contribution is 7.99. The summed E-state index contributed by atoms with van der Waals surface area (Å²) in [5.74, 6) is 7.35. The number of hydrogen-bond donors (Lipinski definition) is 2. The van der Waals surface area contributed by atoms with Gasteiger partial charge in [0.25, 0.3) is 0 Å². The lowest BCUT2D eigenvalue weighted by Crippen LogP contribution is -2.35. The number of rotatable bonds is 5. The lowest BCUT2D eigenvalue weighted by atomic mass is 10.2. The third-order valence-corrected chi connectivity index (χ3v) is 3.83. The van der Waals surface area contributed by atoms with Gasteiger partial charge in [-0.25, -0.2) is 4.68 Å². The minimum atomic E-state index is 0.0232. The zero-order chi connectivity index (χ0) is 12.4. The maximum absolute atomic E-state index is 11.6. The van der Waals surface area contributed by atoms with E-state index in [0.29, 0.717) is 22.7 Å². The molecular weight excluding hydrogens is 238 g/mol. The van der Waals surface area contributed by atoms with E-state index >= 15 is 0 Å². The molecule has 3 N–H and O–H groups in total. The van der Waals surface area contributed by atoms with Crippen molar-refractivity contribution in [1.29, 1.82) is 0 Å². The van der Waals surface area contributed by atoms with Crippen LogP contribution in [0.2, 0.25) is 0 Å². The van der Waals surface area contributed by atoms with Crippen LogP contribution in [0.4, 0.5) is 0 Å². The maximum Gasteiger partial charge on any atom is 0.230 e. The van der Waals surface area contributed by atoms with E-state index < -0.39 is 0 Å². The van der Waals surface area contributed by atoms with E-state index in [1.54, 1.807) is 6.92 Å². The number of nitrogens with zero attached hydrogens (tertiary/aromatic N) is 3. The number of thioether (sulfide) groups is 1. The molecule has 0 aromatic carbocycles. The largest absolute Gasteiger partial charge is 0.353 e. The number of nitrogen functional groups attached to an aromatic ring is 1. The Morgan fingerprint density at radius 1 is 1.65 bits per heavy atom. The van der Waals surface area contributed by atoms with Gasteiger partial charge in [0.05, 0.1) is 5.75 Å². The lowest BCUT2D eigenvalue weighted by molar-refractivity contribution is -0.119. The maximum atomic E-state index is 11.6. The van der Waals surface area contributed by atoms with Gasteiger partial charge in [-0.1, -0.05) is 11.8 Å². The summed E-state index contributed by atoms with van der Waals surface area (Å²) in [4.78, 5) is 11.6. The van der Waals surface area contributed by atoms with E-state index in [9.17, 15) is 4.79 Å². The van der Waals surface area contributed by atoms with Crippen molar-refractivity contribution in [2.75, 3.05) is 11.6 Å². The molecule has 0 saturated heterocycles. The van der Waals surface area contributed by atoms with Gasteiger partial charge >= 0.3 is 0 Å². The van der Waals surface area contributed by atoms with Crippen LogP contribution in [-0.2, 0) is 4.79 Å². The molecule has 0 bridgehead atoms. The molecule has 2 rings (SSSR count). The molecule has 1 saturated carbocycles. The van der Waals surface area contributed by atoms with Gasteiger partial charge in [-0.05, 0) is 32.6 Å². The smallest absolute Gasteiger partial charge is 0.230 e. The predicted octanol–water partition coefficient (Wildman–Crippen LogP) is 0.307. The Hall–Kier alpha value is -1.24. The first-order valence-corrected chi connectivity index (χ1v) is 6.65. The van der Waals surface area contributed by atoms with E-state index in [4.69, 9.17) is 5.84 Å². The number of aromatic nitrogens is 3. The quantitative estimate of drug-likeness (QED) is 0.584. The molecule has 1 aliphatic carbocycles. The lowest BCUT2D eigenvalue weighted by Gasteiger charge is -2.12. The predicted molar refractivity (Wildman–Crippen MR) is 66.0 cm³/mol. The van der Waals surface area contributed by atoms with Crippen LogP contribution >= 0.6 is 11.8 Å². The number of carbonyl (C=O) groups is 1. The summed E-state index contributed by atoms with van der Waals surface area (Å²) in [6, 6.07) is 0.278. The molecule has 0 unspecified atom stereocenters. The van der Waals surface area contributed by atoms with E-state index in [1.165, 1.54) is 29.3 Å². The summed E-state index contributed by atoms with van der Waals surface area (Å²) in [7, 11) is 0. The van der Waals surface area contributed by atoms with Gasteiger partial charge in [-0.3, -0.25) is 4.79 Å². The van der Waals surface area contributed by atoms with Crippen LogP contribution < -0.4 is 11.2 Å². The topological polar surface area (TPSA) is 85.8 Å². The summed E-state index contributed by atoms with van der Waals surface area (Å²) < 4.78 is 1.39. The van der Waals surface area contributed by atoms with Crippen LogP contribution in [0.1, 0.15) is 25.6 Å². The molecule has 0 spiro atoms. The molecule has 6 nitrogen and oxygen atoms in total. The third-order valence-electron chi connectivity index (χ3n) is 2.89. The highest BCUT2D eigenvalue weighted by Gasteiger charge is 2.28. The fraction of sp³-hybridized carbons (Fsp3) is 0.700. The summed E-state index contributed by atoms with van der Waals surface area (Å²) in [6.45, 7) is 3.82. The number of amides is 1. The van der Waals surface area contributed by atoms with Gasteiger partial charge in [-0.2, -0.15) is 0 Å². The van der Waals surface area contributed by atoms with Crippen LogP contribution in [0.15, 0.2) is 5.16 Å². The molecule has 0 aliphatic heterocycles. The van der Waals surface area contributed by atoms with Gasteiger partial charge in [0.1, 0.15) is 5.82 Å². The molecule has 1 aromatic heterocycles. The van der Waals surface area contributed by atoms with Crippen LogP contribution in [0.3, 0.4) is 0 Å². The van der Waals surface area contributed by atoms with Crippen molar-refractivity contribution in [1.82, 2.24) is 20.2 Å². The normalized spacial score (nSPS) is 16.8. The number of nitrogens with two attached hydrogens (primary N) is 1. The van der Waals surface area contributed by atoms with Crippen molar-refractivity contribution < 1.29 is 4.79 Å². The first-order chi connectivity index (χ1) is 8.08. The Bertz CT molecular complexity index is 415. The van der Waals surface area contributed by atoms with E-state index in [1.807, 2.05) is 0 Å². The average molecular weight is 255 g/mol. The number of hydrogen-bond acceptors (Lipinski definition) is 5. The van der Waals surface area contributed by atoms with Crippen molar-refractivity contribution in [3.05, 3.63) is 5.82 Å². The highest BCUT2D eigenvalue weighted by atomic mass is 32.2. The molecule has 1 heterocycles. The minimum Gasteiger partial charge on any atom is -0.353 e. The molecule has 0 radical (unpaired) electrons. The first-order valence-electron chi connectivity index (χ1n) is 5.67. The van der Waals surface area contributed by atoms with Crippen molar-refractivity contribution in [2.24, 2.45) is 5.92 Å². The Morgan fingerprint density at radius 2 is 2.35 bits per heavy atom. The van der Waals surface area contributed by atoms with Gasteiger partial charge < -0.3 is 11.2 Å². The fourth-order valence-electron chi connectivity index (χ4n) is 1.59. The van der Waals surface area contributed by atoms with Gasteiger partial charge in [0.2, 0.25) is 11.1 Å². The number of carbonyl (C=O) groups excluding carboxylic acids is 1. The fourth-order valence-corrected chi connectivity index (χ4v) is 2.30. The van der Waals surface area contributed by atoms with Gasteiger partial charge in [0, 0.05) is 6.04 Å². The van der Waals surface area contributed by atoms with Crippen LogP contribution in [-0.4, -0.2) is 32.6 Å². The zero-order valence-electron chi connectivity index (χ0n) is 10.0. The zero-order valence-corrected chi connectivity index (χ0v) is 10.8. The Morgan fingerprint density at radius 3 is 2.88 bits per heavy atom. The second-order valence-electron chi connectivity index (χ2n) is 4.38. The van der Waals surface area contributed by atoms with Gasteiger partial charge in [0.15, 0.2) is 0 Å². The SMILES string of the molecule is Cc1nnc(SCC(=O)N[C@H](C)C2CC2)n1N. The monoisotopic (exact) mass is 255 g/mol. The van der Waals surface area contributed by atoms with Crippen molar-refractivity contribution >= 4 is 17.7 Å². The summed E-state index contributed by atoms with van der Waals surface area (Å²) >= 11 is 1.30. The number of nitrogens with one attached hydrogen (secondary N) is 1. The van der Waals surface area contributed by atoms with Crippen LogP contribution in [0, 0.1) is 12.8 Å². The van der Waals surface area contributed by atoms with Crippen molar-refractivity contribution in [3.63, 3.8) is 0 Å². The molecule has 1 aliphatic rings. The number of aryl methyl sites for hydroxylation is 1. The Kier molecular flexibility index (Phi) is 3.56. The Balaban J connectivity index is 1.77. The van der Waals surface area contributed by atoms with E-state index in [-0.39, 0.29) is 11.9 Å². The van der Waals surface area contributed by atoms with Crippen molar-refractivity contribution in [3.8, 4) is 0 Å². The standard InChI is InChI=1S/C10H17N5OS/c1-6(8-3-4-8)12-9(16)5-17-10-14-13-7(2)15(10)11/h6,8H,3-5,11H2,1-2H3,(H,12,16)/t6-/m1/s1. The average Bonchev–Trinajstić information content (AvgIpc) is 3.07.